The molecule has 0 aliphatic heterocycles. The first-order chi connectivity index (χ1) is 7.52. The first-order valence-corrected chi connectivity index (χ1v) is 4.70. The molecule has 0 unspecified atom stereocenters. The number of nitrogens with zero attached hydrogens (tertiary/aromatic N) is 2. The number of carboxylic acid groups (broad SMARTS) is 1. The van der Waals surface area contributed by atoms with E-state index in [0.717, 1.165) is 0 Å². The third kappa shape index (κ3) is 3.35. The van der Waals surface area contributed by atoms with Crippen LogP contribution in [0.25, 0.3) is 0 Å². The number of aliphatic hydroxyl groups is 1. The van der Waals surface area contributed by atoms with Crippen molar-refractivity contribution in [3.05, 3.63) is 11.8 Å². The summed E-state index contributed by atoms with van der Waals surface area (Å²) >= 11 is 0. The van der Waals surface area contributed by atoms with E-state index in [2.05, 4.69) is 10.4 Å². The Morgan fingerprint density at radius 2 is 2.25 bits per heavy atom. The van der Waals surface area contributed by atoms with Crippen LogP contribution >= 0.6 is 0 Å². The number of aliphatic hydroxyl groups excluding tert-OH is 1. The number of anilines is 1. The molecule has 3 N–H and O–H groups in total. The Balaban J connectivity index is 2.71. The molecular formula is C9H13N3O4. The van der Waals surface area contributed by atoms with Gasteiger partial charge in [0, 0.05) is 6.07 Å². The molecule has 0 fully saturated rings. The third-order valence-corrected chi connectivity index (χ3v) is 1.79. The lowest BCUT2D eigenvalue weighted by Gasteiger charge is -2.06. The summed E-state index contributed by atoms with van der Waals surface area (Å²) in [6.07, 6.45) is -0.594. The number of hydrogen-bond acceptors (Lipinski definition) is 4. The number of aliphatic carboxylic acids is 1. The molecule has 1 aromatic rings. The predicted octanol–water partition coefficient (Wildman–Crippen LogP) is -0.403. The fraction of sp³-hybridized carbons (Fsp3) is 0.444. The van der Waals surface area contributed by atoms with Crippen LogP contribution in [0.4, 0.5) is 5.82 Å². The van der Waals surface area contributed by atoms with Crippen LogP contribution in [0.1, 0.15) is 12.1 Å². The predicted molar refractivity (Wildman–Crippen MR) is 54.9 cm³/mol. The van der Waals surface area contributed by atoms with E-state index in [1.54, 1.807) is 13.0 Å². The lowest BCUT2D eigenvalue weighted by molar-refractivity contribution is -0.139. The molecule has 1 heterocycles. The molecule has 7 heteroatoms. The topological polar surface area (TPSA) is 104 Å². The summed E-state index contributed by atoms with van der Waals surface area (Å²) in [6.45, 7) is 1.88. The van der Waals surface area contributed by atoms with Crippen LogP contribution in [0.3, 0.4) is 0 Å². The summed E-state index contributed by atoms with van der Waals surface area (Å²) in [5, 5.41) is 23.6. The van der Waals surface area contributed by atoms with Crippen molar-refractivity contribution in [2.45, 2.75) is 19.9 Å². The van der Waals surface area contributed by atoms with E-state index in [9.17, 15) is 9.59 Å². The van der Waals surface area contributed by atoms with E-state index in [4.69, 9.17) is 10.2 Å². The maximum atomic E-state index is 11.2. The molecular weight excluding hydrogens is 214 g/mol. The highest BCUT2D eigenvalue weighted by molar-refractivity contribution is 6.00. The van der Waals surface area contributed by atoms with Gasteiger partial charge in [-0.1, -0.05) is 0 Å². The third-order valence-electron chi connectivity index (χ3n) is 1.79. The van der Waals surface area contributed by atoms with Gasteiger partial charge in [0.25, 0.3) is 0 Å². The number of carbonyl (C=O) groups excluding carboxylic acids is 1. The van der Waals surface area contributed by atoms with E-state index in [0.29, 0.717) is 11.5 Å². The summed E-state index contributed by atoms with van der Waals surface area (Å²) in [4.78, 5) is 21.5. The van der Waals surface area contributed by atoms with E-state index >= 15 is 0 Å². The number of aryl methyl sites for hydroxylation is 1. The van der Waals surface area contributed by atoms with Crippen LogP contribution in [0.5, 0.6) is 0 Å². The van der Waals surface area contributed by atoms with Gasteiger partial charge in [0.2, 0.25) is 5.91 Å². The molecule has 0 spiro atoms. The molecule has 0 saturated carbocycles. The molecule has 0 atom stereocenters. The molecule has 0 radical (unpaired) electrons. The quantitative estimate of drug-likeness (QED) is 0.593. The van der Waals surface area contributed by atoms with Gasteiger partial charge in [-0.3, -0.25) is 9.59 Å². The van der Waals surface area contributed by atoms with E-state index < -0.39 is 18.3 Å². The van der Waals surface area contributed by atoms with E-state index in [-0.39, 0.29) is 13.2 Å². The Labute approximate surface area is 91.7 Å². The standard InChI is InChI=1S/C9H13N3O4/c1-6-4-7(12(11-6)2-3-13)10-8(14)5-9(15)16/h4,13H,2-3,5H2,1H3,(H,10,14)(H,15,16). The molecule has 1 amide bonds. The van der Waals surface area contributed by atoms with Crippen LogP contribution in [0.2, 0.25) is 0 Å². The molecule has 1 aromatic heterocycles. The fourth-order valence-corrected chi connectivity index (χ4v) is 1.24. The van der Waals surface area contributed by atoms with Gasteiger partial charge in [0.1, 0.15) is 12.2 Å². The van der Waals surface area contributed by atoms with E-state index in [1.165, 1.54) is 4.68 Å². The Morgan fingerprint density at radius 1 is 1.56 bits per heavy atom. The highest BCUT2D eigenvalue weighted by atomic mass is 16.4. The van der Waals surface area contributed by atoms with Gasteiger partial charge in [-0.25, -0.2) is 4.68 Å². The molecule has 0 aliphatic carbocycles. The number of rotatable bonds is 5. The second-order valence-electron chi connectivity index (χ2n) is 3.24. The Morgan fingerprint density at radius 3 is 2.81 bits per heavy atom. The van der Waals surface area contributed by atoms with Gasteiger partial charge in [0.15, 0.2) is 0 Å². The molecule has 0 aromatic carbocycles. The Hall–Kier alpha value is -1.89. The molecule has 0 saturated heterocycles. The zero-order chi connectivity index (χ0) is 12.1. The van der Waals surface area contributed by atoms with Crippen molar-refractivity contribution in [3.8, 4) is 0 Å². The molecule has 16 heavy (non-hydrogen) atoms. The highest BCUT2D eigenvalue weighted by Gasteiger charge is 2.11. The lowest BCUT2D eigenvalue weighted by atomic mass is 10.4. The van der Waals surface area contributed by atoms with Crippen LogP contribution < -0.4 is 5.32 Å². The first-order valence-electron chi connectivity index (χ1n) is 4.70. The van der Waals surface area contributed by atoms with Crippen molar-refractivity contribution in [1.29, 1.82) is 0 Å². The number of amides is 1. The van der Waals surface area contributed by atoms with E-state index in [1.807, 2.05) is 0 Å². The van der Waals surface area contributed by atoms with Gasteiger partial charge in [-0.05, 0) is 6.92 Å². The largest absolute Gasteiger partial charge is 0.481 e. The van der Waals surface area contributed by atoms with Gasteiger partial charge < -0.3 is 15.5 Å². The number of aromatic nitrogens is 2. The van der Waals surface area contributed by atoms with Crippen LogP contribution in [0.15, 0.2) is 6.07 Å². The summed E-state index contributed by atoms with van der Waals surface area (Å²) in [5.41, 5.74) is 0.680. The Kier molecular flexibility index (Phi) is 4.01. The van der Waals surface area contributed by atoms with Crippen molar-refractivity contribution < 1.29 is 19.8 Å². The number of carbonyl (C=O) groups is 2. The lowest BCUT2D eigenvalue weighted by Crippen LogP contribution is -2.19. The minimum atomic E-state index is -1.19. The monoisotopic (exact) mass is 227 g/mol. The first kappa shape index (κ1) is 12.2. The fourth-order valence-electron chi connectivity index (χ4n) is 1.24. The zero-order valence-electron chi connectivity index (χ0n) is 8.80. The summed E-state index contributed by atoms with van der Waals surface area (Å²) in [7, 11) is 0. The summed E-state index contributed by atoms with van der Waals surface area (Å²) in [6, 6.07) is 1.61. The second-order valence-corrected chi connectivity index (χ2v) is 3.24. The number of hydrogen-bond donors (Lipinski definition) is 3. The van der Waals surface area contributed by atoms with Gasteiger partial charge in [-0.2, -0.15) is 5.10 Å². The van der Waals surface area contributed by atoms with Gasteiger partial charge in [0.05, 0.1) is 18.8 Å². The SMILES string of the molecule is Cc1cc(NC(=O)CC(=O)O)n(CCO)n1. The minimum absolute atomic E-state index is 0.108. The van der Waals surface area contributed by atoms with Crippen molar-refractivity contribution in [2.75, 3.05) is 11.9 Å². The average Bonchev–Trinajstić information content (AvgIpc) is 2.45. The second kappa shape index (κ2) is 5.26. The molecule has 0 bridgehead atoms. The highest BCUT2D eigenvalue weighted by Crippen LogP contribution is 2.10. The summed E-state index contributed by atoms with van der Waals surface area (Å²) < 4.78 is 1.41. The van der Waals surface area contributed by atoms with Crippen molar-refractivity contribution in [1.82, 2.24) is 9.78 Å². The minimum Gasteiger partial charge on any atom is -0.481 e. The molecule has 7 nitrogen and oxygen atoms in total. The maximum absolute atomic E-state index is 11.2. The van der Waals surface area contributed by atoms with Crippen molar-refractivity contribution in [3.63, 3.8) is 0 Å². The van der Waals surface area contributed by atoms with Crippen LogP contribution in [0, 0.1) is 6.92 Å². The van der Waals surface area contributed by atoms with Crippen LogP contribution in [-0.4, -0.2) is 38.5 Å². The normalized spacial score (nSPS) is 10.1. The van der Waals surface area contributed by atoms with Gasteiger partial charge in [-0.15, -0.1) is 0 Å². The van der Waals surface area contributed by atoms with Crippen molar-refractivity contribution in [2.24, 2.45) is 0 Å². The molecule has 88 valence electrons. The Bertz CT molecular complexity index is 399. The van der Waals surface area contributed by atoms with Crippen LogP contribution in [-0.2, 0) is 16.1 Å². The molecule has 1 rings (SSSR count). The average molecular weight is 227 g/mol. The number of nitrogens with one attached hydrogen (secondary N) is 1. The van der Waals surface area contributed by atoms with Crippen molar-refractivity contribution >= 4 is 17.7 Å². The smallest absolute Gasteiger partial charge is 0.312 e. The van der Waals surface area contributed by atoms with Gasteiger partial charge >= 0.3 is 5.97 Å². The zero-order valence-corrected chi connectivity index (χ0v) is 8.80. The maximum Gasteiger partial charge on any atom is 0.312 e. The summed E-state index contributed by atoms with van der Waals surface area (Å²) in [5.74, 6) is -1.42. The number of carboxylic acids is 1. The molecule has 0 aliphatic rings.